The van der Waals surface area contributed by atoms with Crippen LogP contribution in [0.1, 0.15) is 23.6 Å². The van der Waals surface area contributed by atoms with Gasteiger partial charge in [0.2, 0.25) is 0 Å². The summed E-state index contributed by atoms with van der Waals surface area (Å²) in [7, 11) is 0. The first-order valence-corrected chi connectivity index (χ1v) is 11.9. The molecule has 4 rings (SSSR count). The Bertz CT molecular complexity index is 1270. The topological polar surface area (TPSA) is 89.4 Å². The summed E-state index contributed by atoms with van der Waals surface area (Å²) in [6.07, 6.45) is 3.00. The highest BCUT2D eigenvalue weighted by Crippen LogP contribution is 2.34. The van der Waals surface area contributed by atoms with Gasteiger partial charge in [0.1, 0.15) is 6.61 Å². The van der Waals surface area contributed by atoms with Gasteiger partial charge in [-0.1, -0.05) is 34.1 Å². The van der Waals surface area contributed by atoms with Crippen LogP contribution in [-0.4, -0.2) is 23.1 Å². The monoisotopic (exact) mass is 523 g/mol. The third-order valence-electron chi connectivity index (χ3n) is 5.52. The van der Waals surface area contributed by atoms with E-state index >= 15 is 0 Å². The van der Waals surface area contributed by atoms with E-state index in [4.69, 9.17) is 9.47 Å². The minimum Gasteiger partial charge on any atom is -0.490 e. The SMILES string of the molecule is CCOc1cc(CNCCc2c[nH]c3ccccc23)c(Br)cc1OCc1ccc([N+](=O)[O-])cc1. The lowest BCUT2D eigenvalue weighted by Crippen LogP contribution is -2.17. The lowest BCUT2D eigenvalue weighted by Gasteiger charge is -2.15. The van der Waals surface area contributed by atoms with Gasteiger partial charge in [-0.3, -0.25) is 10.1 Å². The number of hydrogen-bond acceptors (Lipinski definition) is 5. The fourth-order valence-corrected chi connectivity index (χ4v) is 4.22. The van der Waals surface area contributed by atoms with Crippen molar-refractivity contribution in [2.24, 2.45) is 0 Å². The highest BCUT2D eigenvalue weighted by Gasteiger charge is 2.12. The molecule has 0 atom stereocenters. The van der Waals surface area contributed by atoms with Crippen molar-refractivity contribution in [3.05, 3.63) is 98.1 Å². The van der Waals surface area contributed by atoms with Gasteiger partial charge in [-0.05, 0) is 66.9 Å². The summed E-state index contributed by atoms with van der Waals surface area (Å²) in [5.74, 6) is 1.29. The number of nitrogens with zero attached hydrogens (tertiary/aromatic N) is 1. The summed E-state index contributed by atoms with van der Waals surface area (Å²) in [6, 6.07) is 18.6. The van der Waals surface area contributed by atoms with Gasteiger partial charge in [-0.2, -0.15) is 0 Å². The van der Waals surface area contributed by atoms with Crippen LogP contribution in [-0.2, 0) is 19.6 Å². The molecule has 0 unspecified atom stereocenters. The number of para-hydroxylation sites is 1. The van der Waals surface area contributed by atoms with Crippen LogP contribution in [0.25, 0.3) is 10.9 Å². The Morgan fingerprint density at radius 1 is 1.03 bits per heavy atom. The van der Waals surface area contributed by atoms with E-state index in [0.29, 0.717) is 24.7 Å². The quantitative estimate of drug-likeness (QED) is 0.140. The molecule has 0 aliphatic rings. The first kappa shape index (κ1) is 23.8. The fourth-order valence-electron chi connectivity index (χ4n) is 3.75. The molecule has 2 N–H and O–H groups in total. The van der Waals surface area contributed by atoms with E-state index in [1.807, 2.05) is 25.1 Å². The highest BCUT2D eigenvalue weighted by atomic mass is 79.9. The number of non-ortho nitro benzene ring substituents is 1. The van der Waals surface area contributed by atoms with Crippen LogP contribution in [0.2, 0.25) is 0 Å². The Balaban J connectivity index is 1.37. The summed E-state index contributed by atoms with van der Waals surface area (Å²) in [6.45, 7) is 4.26. The molecule has 1 heterocycles. The zero-order valence-corrected chi connectivity index (χ0v) is 20.4. The number of aromatic nitrogens is 1. The summed E-state index contributed by atoms with van der Waals surface area (Å²) < 4.78 is 12.7. The van der Waals surface area contributed by atoms with E-state index in [1.54, 1.807) is 12.1 Å². The van der Waals surface area contributed by atoms with Gasteiger partial charge in [0.15, 0.2) is 11.5 Å². The fraction of sp³-hybridized carbons (Fsp3) is 0.231. The number of nitro benzene ring substituents is 1. The molecule has 0 saturated heterocycles. The molecule has 0 aliphatic carbocycles. The predicted octanol–water partition coefficient (Wildman–Crippen LogP) is 6.15. The van der Waals surface area contributed by atoms with Crippen LogP contribution in [0.15, 0.2) is 71.3 Å². The van der Waals surface area contributed by atoms with Crippen molar-refractivity contribution >= 4 is 32.5 Å². The normalized spacial score (nSPS) is 11.0. The van der Waals surface area contributed by atoms with Crippen molar-refractivity contribution in [3.8, 4) is 11.5 Å². The van der Waals surface area contributed by atoms with Crippen molar-refractivity contribution in [3.63, 3.8) is 0 Å². The molecule has 34 heavy (non-hydrogen) atoms. The Hall–Kier alpha value is -3.36. The maximum atomic E-state index is 10.8. The average molecular weight is 524 g/mol. The number of hydrogen-bond donors (Lipinski definition) is 2. The number of ether oxygens (including phenoxy) is 2. The molecule has 176 valence electrons. The highest BCUT2D eigenvalue weighted by molar-refractivity contribution is 9.10. The summed E-state index contributed by atoms with van der Waals surface area (Å²) in [5.41, 5.74) is 4.43. The number of H-pyrrole nitrogens is 1. The average Bonchev–Trinajstić information content (AvgIpc) is 3.26. The number of fused-ring (bicyclic) bond motifs is 1. The molecular formula is C26H26BrN3O4. The van der Waals surface area contributed by atoms with Gasteiger partial charge in [-0.15, -0.1) is 0 Å². The number of nitro groups is 1. The molecule has 0 amide bonds. The molecule has 8 heteroatoms. The number of rotatable bonds is 11. The first-order valence-electron chi connectivity index (χ1n) is 11.1. The Kier molecular flexibility index (Phi) is 7.82. The van der Waals surface area contributed by atoms with Crippen molar-refractivity contribution in [2.75, 3.05) is 13.2 Å². The molecule has 7 nitrogen and oxygen atoms in total. The molecule has 3 aromatic carbocycles. The van der Waals surface area contributed by atoms with E-state index in [-0.39, 0.29) is 12.3 Å². The van der Waals surface area contributed by atoms with E-state index in [1.165, 1.54) is 23.1 Å². The van der Waals surface area contributed by atoms with Crippen molar-refractivity contribution in [2.45, 2.75) is 26.5 Å². The van der Waals surface area contributed by atoms with E-state index in [2.05, 4.69) is 50.6 Å². The molecule has 1 aromatic heterocycles. The molecule has 0 bridgehead atoms. The minimum atomic E-state index is -0.414. The Labute approximate surface area is 206 Å². The van der Waals surface area contributed by atoms with Crippen LogP contribution in [0.3, 0.4) is 0 Å². The number of aromatic amines is 1. The van der Waals surface area contributed by atoms with Gasteiger partial charge in [0.25, 0.3) is 5.69 Å². The standard InChI is InChI=1S/C26H26BrN3O4/c1-2-33-25-13-20(15-28-12-11-19-16-29-24-6-4-3-5-22(19)24)23(27)14-26(25)34-17-18-7-9-21(10-8-18)30(31)32/h3-10,13-14,16,28-29H,2,11-12,15,17H2,1H3. The molecule has 0 spiro atoms. The Morgan fingerprint density at radius 2 is 1.79 bits per heavy atom. The first-order chi connectivity index (χ1) is 16.5. The maximum absolute atomic E-state index is 10.8. The second kappa shape index (κ2) is 11.2. The lowest BCUT2D eigenvalue weighted by molar-refractivity contribution is -0.384. The smallest absolute Gasteiger partial charge is 0.269 e. The molecule has 0 fully saturated rings. The van der Waals surface area contributed by atoms with Crippen molar-refractivity contribution in [1.82, 2.24) is 10.3 Å². The van der Waals surface area contributed by atoms with Gasteiger partial charge in [0.05, 0.1) is 11.5 Å². The molecule has 4 aromatic rings. The van der Waals surface area contributed by atoms with Gasteiger partial charge < -0.3 is 19.8 Å². The second-order valence-electron chi connectivity index (χ2n) is 7.82. The largest absolute Gasteiger partial charge is 0.490 e. The summed E-state index contributed by atoms with van der Waals surface area (Å²) in [4.78, 5) is 13.7. The molecule has 0 aliphatic heterocycles. The summed E-state index contributed by atoms with van der Waals surface area (Å²) in [5, 5.41) is 15.6. The minimum absolute atomic E-state index is 0.0584. The summed E-state index contributed by atoms with van der Waals surface area (Å²) >= 11 is 3.65. The lowest BCUT2D eigenvalue weighted by atomic mass is 10.1. The maximum Gasteiger partial charge on any atom is 0.269 e. The molecular weight excluding hydrogens is 498 g/mol. The zero-order chi connectivity index (χ0) is 23.9. The molecule has 0 radical (unpaired) electrons. The van der Waals surface area contributed by atoms with Crippen molar-refractivity contribution < 1.29 is 14.4 Å². The van der Waals surface area contributed by atoms with E-state index in [9.17, 15) is 10.1 Å². The van der Waals surface area contributed by atoms with Crippen LogP contribution in [0, 0.1) is 10.1 Å². The molecule has 0 saturated carbocycles. The van der Waals surface area contributed by atoms with Gasteiger partial charge in [0, 0.05) is 40.2 Å². The number of halogens is 1. The zero-order valence-electron chi connectivity index (χ0n) is 18.8. The predicted molar refractivity (Wildman–Crippen MR) is 136 cm³/mol. The number of benzene rings is 3. The van der Waals surface area contributed by atoms with Gasteiger partial charge >= 0.3 is 0 Å². The Morgan fingerprint density at radius 3 is 2.56 bits per heavy atom. The van der Waals surface area contributed by atoms with Crippen LogP contribution < -0.4 is 14.8 Å². The number of nitrogens with one attached hydrogen (secondary N) is 2. The van der Waals surface area contributed by atoms with Crippen LogP contribution in [0.4, 0.5) is 5.69 Å². The third kappa shape index (κ3) is 5.76. The third-order valence-corrected chi connectivity index (χ3v) is 6.25. The van der Waals surface area contributed by atoms with Gasteiger partial charge in [-0.25, -0.2) is 0 Å². The van der Waals surface area contributed by atoms with E-state index < -0.39 is 4.92 Å². The van der Waals surface area contributed by atoms with E-state index in [0.717, 1.165) is 34.1 Å². The van der Waals surface area contributed by atoms with Crippen molar-refractivity contribution in [1.29, 1.82) is 0 Å². The second-order valence-corrected chi connectivity index (χ2v) is 8.68. The van der Waals surface area contributed by atoms with Crippen LogP contribution >= 0.6 is 15.9 Å². The van der Waals surface area contributed by atoms with Crippen LogP contribution in [0.5, 0.6) is 11.5 Å².